The van der Waals surface area contributed by atoms with E-state index in [4.69, 9.17) is 0 Å². The molecule has 0 saturated heterocycles. The van der Waals surface area contributed by atoms with E-state index in [1.165, 1.54) is 5.56 Å². The smallest absolute Gasteiger partial charge is 0.0651 e. The number of nitrogens with one attached hydrogen (secondary N) is 1. The summed E-state index contributed by atoms with van der Waals surface area (Å²) in [6.07, 6.45) is 5.04. The SMILES string of the molecule is CCCNC(c1cnn(C)c1)c1cc(C)nnc1C. The van der Waals surface area contributed by atoms with Crippen LogP contribution in [0.25, 0.3) is 0 Å². The second kappa shape index (κ2) is 5.93. The quantitative estimate of drug-likeness (QED) is 0.891. The molecule has 0 aliphatic rings. The van der Waals surface area contributed by atoms with Crippen molar-refractivity contribution in [2.75, 3.05) is 6.54 Å². The van der Waals surface area contributed by atoms with Crippen LogP contribution in [0.3, 0.4) is 0 Å². The summed E-state index contributed by atoms with van der Waals surface area (Å²) in [4.78, 5) is 0. The Hall–Kier alpha value is -1.75. The van der Waals surface area contributed by atoms with Gasteiger partial charge in [-0.3, -0.25) is 4.68 Å². The molecule has 0 radical (unpaired) electrons. The van der Waals surface area contributed by atoms with Crippen LogP contribution < -0.4 is 5.32 Å². The van der Waals surface area contributed by atoms with Crippen LogP contribution in [0.5, 0.6) is 0 Å². The van der Waals surface area contributed by atoms with Crippen LogP contribution >= 0.6 is 0 Å². The van der Waals surface area contributed by atoms with E-state index in [0.717, 1.165) is 29.9 Å². The van der Waals surface area contributed by atoms with Crippen LogP contribution in [0.4, 0.5) is 0 Å². The highest BCUT2D eigenvalue weighted by atomic mass is 15.2. The molecule has 5 nitrogen and oxygen atoms in total. The molecular weight excluding hydrogens is 238 g/mol. The van der Waals surface area contributed by atoms with Crippen LogP contribution in [-0.2, 0) is 7.05 Å². The van der Waals surface area contributed by atoms with E-state index in [-0.39, 0.29) is 6.04 Å². The summed E-state index contributed by atoms with van der Waals surface area (Å²) in [5.74, 6) is 0. The summed E-state index contributed by atoms with van der Waals surface area (Å²) in [6.45, 7) is 7.09. The maximum absolute atomic E-state index is 4.26. The molecule has 0 bridgehead atoms. The zero-order chi connectivity index (χ0) is 13.8. The van der Waals surface area contributed by atoms with Gasteiger partial charge in [-0.25, -0.2) is 0 Å². The Bertz CT molecular complexity index is 547. The first-order chi connectivity index (χ1) is 9.11. The van der Waals surface area contributed by atoms with Crippen molar-refractivity contribution in [3.8, 4) is 0 Å². The highest BCUT2D eigenvalue weighted by molar-refractivity contribution is 5.32. The highest BCUT2D eigenvalue weighted by Crippen LogP contribution is 2.23. The Labute approximate surface area is 114 Å². The predicted molar refractivity (Wildman–Crippen MR) is 74.9 cm³/mol. The van der Waals surface area contributed by atoms with E-state index in [2.05, 4.69) is 33.6 Å². The largest absolute Gasteiger partial charge is 0.306 e. The average Bonchev–Trinajstić information content (AvgIpc) is 2.80. The molecule has 0 amide bonds. The van der Waals surface area contributed by atoms with Gasteiger partial charge in [0.1, 0.15) is 0 Å². The Balaban J connectivity index is 2.39. The van der Waals surface area contributed by atoms with E-state index < -0.39 is 0 Å². The van der Waals surface area contributed by atoms with Crippen molar-refractivity contribution in [3.05, 3.63) is 41.0 Å². The molecule has 2 aromatic heterocycles. The number of hydrogen-bond acceptors (Lipinski definition) is 4. The monoisotopic (exact) mass is 259 g/mol. The minimum absolute atomic E-state index is 0.128. The minimum atomic E-state index is 0.128. The highest BCUT2D eigenvalue weighted by Gasteiger charge is 2.18. The van der Waals surface area contributed by atoms with E-state index in [1.807, 2.05) is 38.0 Å². The van der Waals surface area contributed by atoms with Gasteiger partial charge in [0.05, 0.1) is 23.6 Å². The lowest BCUT2D eigenvalue weighted by Gasteiger charge is -2.19. The second-order valence-corrected chi connectivity index (χ2v) is 4.86. The van der Waals surface area contributed by atoms with Crippen LogP contribution in [-0.4, -0.2) is 26.5 Å². The van der Waals surface area contributed by atoms with Gasteiger partial charge in [0.25, 0.3) is 0 Å². The molecular formula is C14H21N5. The first-order valence-electron chi connectivity index (χ1n) is 6.64. The van der Waals surface area contributed by atoms with Crippen molar-refractivity contribution in [1.82, 2.24) is 25.3 Å². The molecule has 1 N–H and O–H groups in total. The Morgan fingerprint density at radius 3 is 2.74 bits per heavy atom. The molecule has 0 spiro atoms. The van der Waals surface area contributed by atoms with Gasteiger partial charge in [-0.05, 0) is 38.4 Å². The van der Waals surface area contributed by atoms with Gasteiger partial charge in [-0.2, -0.15) is 15.3 Å². The molecule has 5 heteroatoms. The summed E-state index contributed by atoms with van der Waals surface area (Å²) < 4.78 is 1.83. The molecule has 2 heterocycles. The summed E-state index contributed by atoms with van der Waals surface area (Å²) >= 11 is 0. The third-order valence-corrected chi connectivity index (χ3v) is 3.11. The number of rotatable bonds is 5. The normalized spacial score (nSPS) is 12.6. The molecule has 0 aromatic carbocycles. The molecule has 0 saturated carbocycles. The first kappa shape index (κ1) is 13.7. The molecule has 1 unspecified atom stereocenters. The van der Waals surface area contributed by atoms with Crippen molar-refractivity contribution in [1.29, 1.82) is 0 Å². The molecule has 2 rings (SSSR count). The van der Waals surface area contributed by atoms with Crippen molar-refractivity contribution < 1.29 is 0 Å². The molecule has 0 fully saturated rings. The van der Waals surface area contributed by atoms with Gasteiger partial charge in [-0.15, -0.1) is 0 Å². The van der Waals surface area contributed by atoms with E-state index >= 15 is 0 Å². The van der Waals surface area contributed by atoms with Gasteiger partial charge in [0, 0.05) is 18.8 Å². The first-order valence-corrected chi connectivity index (χ1v) is 6.64. The van der Waals surface area contributed by atoms with Gasteiger partial charge >= 0.3 is 0 Å². The maximum Gasteiger partial charge on any atom is 0.0651 e. The fourth-order valence-corrected chi connectivity index (χ4v) is 2.15. The van der Waals surface area contributed by atoms with E-state index in [9.17, 15) is 0 Å². The Morgan fingerprint density at radius 1 is 1.32 bits per heavy atom. The summed E-state index contributed by atoms with van der Waals surface area (Å²) in [6, 6.07) is 2.23. The molecule has 0 aliphatic heterocycles. The van der Waals surface area contributed by atoms with Crippen LogP contribution in [0.1, 0.15) is 41.9 Å². The Morgan fingerprint density at radius 2 is 2.11 bits per heavy atom. The lowest BCUT2D eigenvalue weighted by atomic mass is 10.00. The molecule has 102 valence electrons. The minimum Gasteiger partial charge on any atom is -0.306 e. The third-order valence-electron chi connectivity index (χ3n) is 3.11. The van der Waals surface area contributed by atoms with Crippen molar-refractivity contribution >= 4 is 0 Å². The lowest BCUT2D eigenvalue weighted by Crippen LogP contribution is -2.24. The lowest BCUT2D eigenvalue weighted by molar-refractivity contribution is 0.590. The fraction of sp³-hybridized carbons (Fsp3) is 0.500. The summed E-state index contributed by atoms with van der Waals surface area (Å²) in [5, 5.41) is 16.2. The standard InChI is InChI=1S/C14H21N5/c1-5-6-15-14(12-8-16-19(4)9-12)13-7-10(2)17-18-11(13)3/h7-9,14-15H,5-6H2,1-4H3. The second-order valence-electron chi connectivity index (χ2n) is 4.86. The molecule has 19 heavy (non-hydrogen) atoms. The fourth-order valence-electron chi connectivity index (χ4n) is 2.15. The van der Waals surface area contributed by atoms with Crippen LogP contribution in [0, 0.1) is 13.8 Å². The van der Waals surface area contributed by atoms with Crippen molar-refractivity contribution in [2.45, 2.75) is 33.2 Å². The molecule has 0 aliphatic carbocycles. The van der Waals surface area contributed by atoms with E-state index in [1.54, 1.807) is 0 Å². The zero-order valence-electron chi connectivity index (χ0n) is 12.0. The van der Waals surface area contributed by atoms with Gasteiger partial charge in [0.2, 0.25) is 0 Å². The van der Waals surface area contributed by atoms with Crippen LogP contribution in [0.2, 0.25) is 0 Å². The van der Waals surface area contributed by atoms with Gasteiger partial charge in [0.15, 0.2) is 0 Å². The topological polar surface area (TPSA) is 55.6 Å². The summed E-state index contributed by atoms with van der Waals surface area (Å²) in [7, 11) is 1.93. The number of aryl methyl sites for hydroxylation is 3. The number of hydrogen-bond donors (Lipinski definition) is 1. The number of nitrogens with zero attached hydrogens (tertiary/aromatic N) is 4. The number of aromatic nitrogens is 4. The summed E-state index contributed by atoms with van der Waals surface area (Å²) in [5.41, 5.74) is 4.23. The van der Waals surface area contributed by atoms with E-state index in [0.29, 0.717) is 0 Å². The van der Waals surface area contributed by atoms with Crippen molar-refractivity contribution in [2.24, 2.45) is 7.05 Å². The molecule has 1 atom stereocenters. The average molecular weight is 259 g/mol. The van der Waals surface area contributed by atoms with Gasteiger partial charge < -0.3 is 5.32 Å². The maximum atomic E-state index is 4.26. The predicted octanol–water partition coefficient (Wildman–Crippen LogP) is 1.92. The third kappa shape index (κ3) is 3.17. The van der Waals surface area contributed by atoms with Crippen LogP contribution in [0.15, 0.2) is 18.5 Å². The van der Waals surface area contributed by atoms with Crippen molar-refractivity contribution in [3.63, 3.8) is 0 Å². The molecule has 2 aromatic rings. The van der Waals surface area contributed by atoms with Gasteiger partial charge in [-0.1, -0.05) is 6.92 Å². The Kier molecular flexibility index (Phi) is 4.27. The zero-order valence-corrected chi connectivity index (χ0v) is 12.0.